The van der Waals surface area contributed by atoms with E-state index in [1.165, 1.54) is 19.2 Å². The Morgan fingerprint density at radius 1 is 1.29 bits per heavy atom. The minimum absolute atomic E-state index is 0.0671. The van der Waals surface area contributed by atoms with Crippen molar-refractivity contribution in [1.82, 2.24) is 0 Å². The van der Waals surface area contributed by atoms with E-state index in [0.29, 0.717) is 5.75 Å². The highest BCUT2D eigenvalue weighted by Crippen LogP contribution is 2.24. The van der Waals surface area contributed by atoms with Gasteiger partial charge in [-0.1, -0.05) is 0 Å². The van der Waals surface area contributed by atoms with Crippen molar-refractivity contribution in [2.45, 2.75) is 25.5 Å². The number of aromatic carboxylic acids is 1. The molecule has 1 aromatic carbocycles. The Bertz CT molecular complexity index is 613. The van der Waals surface area contributed by atoms with Crippen molar-refractivity contribution in [2.24, 2.45) is 0 Å². The summed E-state index contributed by atoms with van der Waals surface area (Å²) in [5.74, 6) is -0.834. The van der Waals surface area contributed by atoms with E-state index >= 15 is 0 Å². The highest BCUT2D eigenvalue weighted by Gasteiger charge is 2.28. The summed E-state index contributed by atoms with van der Waals surface area (Å²) in [6.07, 6.45) is 0. The van der Waals surface area contributed by atoms with E-state index in [1.54, 1.807) is 26.8 Å². The fraction of sp³-hybridized carbons (Fsp3) is 0.500. The SMILES string of the molecule is COc1ccc(OCCS(=O)(=O)C(C)(C)C)c(C(=O)O)c1. The molecule has 0 aromatic heterocycles. The Hall–Kier alpha value is -1.76. The summed E-state index contributed by atoms with van der Waals surface area (Å²) in [5, 5.41) is 9.12. The lowest BCUT2D eigenvalue weighted by Gasteiger charge is -2.19. The van der Waals surface area contributed by atoms with Crippen molar-refractivity contribution in [3.8, 4) is 11.5 Å². The van der Waals surface area contributed by atoms with Crippen molar-refractivity contribution in [3.63, 3.8) is 0 Å². The van der Waals surface area contributed by atoms with Crippen LogP contribution < -0.4 is 9.47 Å². The van der Waals surface area contributed by atoms with Gasteiger partial charge in [-0.15, -0.1) is 0 Å². The Morgan fingerprint density at radius 3 is 2.38 bits per heavy atom. The average Bonchev–Trinajstić information content (AvgIpc) is 2.37. The molecule has 0 aliphatic carbocycles. The summed E-state index contributed by atoms with van der Waals surface area (Å²) in [7, 11) is -1.88. The molecule has 0 heterocycles. The number of carboxylic acids is 1. The Labute approximate surface area is 124 Å². The molecule has 0 saturated carbocycles. The van der Waals surface area contributed by atoms with E-state index in [9.17, 15) is 13.2 Å². The summed E-state index contributed by atoms with van der Waals surface area (Å²) in [4.78, 5) is 11.2. The molecular formula is C14H20O6S. The first kappa shape index (κ1) is 17.3. The van der Waals surface area contributed by atoms with E-state index in [1.807, 2.05) is 0 Å². The lowest BCUT2D eigenvalue weighted by atomic mass is 10.2. The third kappa shape index (κ3) is 4.35. The maximum Gasteiger partial charge on any atom is 0.339 e. The zero-order valence-electron chi connectivity index (χ0n) is 12.5. The minimum atomic E-state index is -3.31. The van der Waals surface area contributed by atoms with Crippen LogP contribution in [-0.4, -0.2) is 43.7 Å². The number of carbonyl (C=O) groups is 1. The van der Waals surface area contributed by atoms with Crippen LogP contribution >= 0.6 is 0 Å². The molecule has 0 amide bonds. The highest BCUT2D eigenvalue weighted by atomic mass is 32.2. The van der Waals surface area contributed by atoms with Crippen LogP contribution in [0.25, 0.3) is 0 Å². The van der Waals surface area contributed by atoms with Gasteiger partial charge in [-0.2, -0.15) is 0 Å². The maximum absolute atomic E-state index is 11.9. The van der Waals surface area contributed by atoms with Crippen LogP contribution in [0.1, 0.15) is 31.1 Å². The quantitative estimate of drug-likeness (QED) is 0.863. The zero-order chi connectivity index (χ0) is 16.3. The average molecular weight is 316 g/mol. The zero-order valence-corrected chi connectivity index (χ0v) is 13.4. The Kier molecular flexibility index (Phi) is 5.22. The van der Waals surface area contributed by atoms with Gasteiger partial charge in [0, 0.05) is 0 Å². The smallest absolute Gasteiger partial charge is 0.339 e. The molecule has 0 aliphatic heterocycles. The Morgan fingerprint density at radius 2 is 1.90 bits per heavy atom. The van der Waals surface area contributed by atoms with Crippen LogP contribution in [-0.2, 0) is 9.84 Å². The normalized spacial score (nSPS) is 12.0. The van der Waals surface area contributed by atoms with Gasteiger partial charge in [0.05, 0.1) is 17.6 Å². The molecule has 1 N–H and O–H groups in total. The largest absolute Gasteiger partial charge is 0.497 e. The topological polar surface area (TPSA) is 89.9 Å². The van der Waals surface area contributed by atoms with Crippen molar-refractivity contribution >= 4 is 15.8 Å². The number of methoxy groups -OCH3 is 1. The van der Waals surface area contributed by atoms with Gasteiger partial charge in [0.25, 0.3) is 0 Å². The monoisotopic (exact) mass is 316 g/mol. The third-order valence-corrected chi connectivity index (χ3v) is 5.53. The first-order chi connectivity index (χ1) is 9.58. The van der Waals surface area contributed by atoms with E-state index in [2.05, 4.69) is 0 Å². The number of hydrogen-bond acceptors (Lipinski definition) is 5. The molecule has 0 fully saturated rings. The minimum Gasteiger partial charge on any atom is -0.497 e. The van der Waals surface area contributed by atoms with Crippen LogP contribution in [0.2, 0.25) is 0 Å². The van der Waals surface area contributed by atoms with Gasteiger partial charge in [-0.25, -0.2) is 13.2 Å². The molecule has 0 bridgehead atoms. The van der Waals surface area contributed by atoms with Crippen LogP contribution in [0.3, 0.4) is 0 Å². The molecule has 0 unspecified atom stereocenters. The second kappa shape index (κ2) is 6.34. The van der Waals surface area contributed by atoms with Crippen molar-refractivity contribution in [3.05, 3.63) is 23.8 Å². The molecule has 6 nitrogen and oxygen atoms in total. The lowest BCUT2D eigenvalue weighted by Crippen LogP contribution is -2.32. The van der Waals surface area contributed by atoms with Gasteiger partial charge >= 0.3 is 5.97 Å². The number of carboxylic acid groups (broad SMARTS) is 1. The van der Waals surface area contributed by atoms with Crippen molar-refractivity contribution in [1.29, 1.82) is 0 Å². The summed E-state index contributed by atoms with van der Waals surface area (Å²) >= 11 is 0. The maximum atomic E-state index is 11.9. The fourth-order valence-corrected chi connectivity index (χ4v) is 2.41. The Balaban J connectivity index is 2.84. The summed E-state index contributed by atoms with van der Waals surface area (Å²) in [6, 6.07) is 4.34. The molecule has 1 rings (SSSR count). The van der Waals surface area contributed by atoms with Crippen molar-refractivity contribution < 1.29 is 27.8 Å². The van der Waals surface area contributed by atoms with Crippen LogP contribution in [0.15, 0.2) is 18.2 Å². The predicted octanol–water partition coefficient (Wildman–Crippen LogP) is 1.99. The number of benzene rings is 1. The molecule has 0 radical (unpaired) electrons. The summed E-state index contributed by atoms with van der Waals surface area (Å²) in [5.41, 5.74) is -0.0671. The molecule has 1 aromatic rings. The van der Waals surface area contributed by atoms with E-state index < -0.39 is 20.6 Å². The number of rotatable bonds is 6. The first-order valence-electron chi connectivity index (χ1n) is 6.35. The van der Waals surface area contributed by atoms with Crippen LogP contribution in [0.4, 0.5) is 0 Å². The van der Waals surface area contributed by atoms with Gasteiger partial charge in [0.15, 0.2) is 9.84 Å². The van der Waals surface area contributed by atoms with Gasteiger partial charge in [-0.3, -0.25) is 0 Å². The number of sulfone groups is 1. The molecular weight excluding hydrogens is 296 g/mol. The number of hydrogen-bond donors (Lipinski definition) is 1. The second-order valence-corrected chi connectivity index (χ2v) is 8.31. The van der Waals surface area contributed by atoms with Gasteiger partial charge in [0.1, 0.15) is 23.7 Å². The molecule has 0 atom stereocenters. The standard InChI is InChI=1S/C14H20O6S/c1-14(2,3)21(17,18)8-7-20-12-6-5-10(19-4)9-11(12)13(15)16/h5-6,9H,7-8H2,1-4H3,(H,15,16). The summed E-state index contributed by atoms with van der Waals surface area (Å²) in [6.45, 7) is 4.72. The molecule has 7 heteroatoms. The van der Waals surface area contributed by atoms with Gasteiger partial charge in [0.2, 0.25) is 0 Å². The van der Waals surface area contributed by atoms with E-state index in [-0.39, 0.29) is 23.7 Å². The van der Waals surface area contributed by atoms with Crippen LogP contribution in [0, 0.1) is 0 Å². The van der Waals surface area contributed by atoms with Gasteiger partial charge in [-0.05, 0) is 39.0 Å². The van der Waals surface area contributed by atoms with Crippen LogP contribution in [0.5, 0.6) is 11.5 Å². The number of ether oxygens (including phenoxy) is 2. The predicted molar refractivity (Wildman–Crippen MR) is 79.0 cm³/mol. The molecule has 0 saturated heterocycles. The van der Waals surface area contributed by atoms with Crippen molar-refractivity contribution in [2.75, 3.05) is 19.5 Å². The molecule has 0 aliphatic rings. The van der Waals surface area contributed by atoms with E-state index in [4.69, 9.17) is 14.6 Å². The fourth-order valence-electron chi connectivity index (χ4n) is 1.50. The highest BCUT2D eigenvalue weighted by molar-refractivity contribution is 7.92. The first-order valence-corrected chi connectivity index (χ1v) is 8.00. The summed E-state index contributed by atoms with van der Waals surface area (Å²) < 4.78 is 33.3. The molecule has 118 valence electrons. The third-order valence-electron chi connectivity index (χ3n) is 2.96. The lowest BCUT2D eigenvalue weighted by molar-refractivity contribution is 0.0692. The van der Waals surface area contributed by atoms with E-state index in [0.717, 1.165) is 0 Å². The molecule has 0 spiro atoms. The molecule has 21 heavy (non-hydrogen) atoms. The second-order valence-electron chi connectivity index (χ2n) is 5.45. The van der Waals surface area contributed by atoms with Gasteiger partial charge < -0.3 is 14.6 Å².